The number of nitro groups is 1. The summed E-state index contributed by atoms with van der Waals surface area (Å²) in [5, 5.41) is 14.4. The molecule has 0 aromatic heterocycles. The Kier molecular flexibility index (Phi) is 5.52. The molecule has 1 N–H and O–H groups in total. The van der Waals surface area contributed by atoms with Crippen LogP contribution in [-0.2, 0) is 6.42 Å². The minimum absolute atomic E-state index is 0.0367. The fourth-order valence-corrected chi connectivity index (χ4v) is 2.44. The fourth-order valence-electron chi connectivity index (χ4n) is 2.44. The predicted octanol–water partition coefficient (Wildman–Crippen LogP) is 1.83. The molecule has 0 spiro atoms. The Morgan fingerprint density at radius 3 is 2.71 bits per heavy atom. The molecular formula is C15H23N3O3. The summed E-state index contributed by atoms with van der Waals surface area (Å²) in [5.41, 5.74) is 1.12. The molecule has 1 fully saturated rings. The molecule has 0 bridgehead atoms. The van der Waals surface area contributed by atoms with Gasteiger partial charge >= 0.3 is 5.69 Å². The van der Waals surface area contributed by atoms with Crippen molar-refractivity contribution in [3.63, 3.8) is 0 Å². The molecule has 6 heteroatoms. The first-order valence-corrected chi connectivity index (χ1v) is 7.43. The second-order valence-corrected chi connectivity index (χ2v) is 5.57. The average Bonchev–Trinajstić information content (AvgIpc) is 2.45. The minimum atomic E-state index is -0.391. The first-order valence-electron chi connectivity index (χ1n) is 7.43. The summed E-state index contributed by atoms with van der Waals surface area (Å²) in [4.78, 5) is 13.0. The zero-order valence-corrected chi connectivity index (χ0v) is 12.7. The minimum Gasteiger partial charge on any atom is -0.484 e. The van der Waals surface area contributed by atoms with E-state index in [-0.39, 0.29) is 11.8 Å². The van der Waals surface area contributed by atoms with Crippen LogP contribution in [-0.4, -0.2) is 48.7 Å². The largest absolute Gasteiger partial charge is 0.484 e. The van der Waals surface area contributed by atoms with E-state index in [9.17, 15) is 10.1 Å². The summed E-state index contributed by atoms with van der Waals surface area (Å²) in [6.45, 7) is 8.89. The lowest BCUT2D eigenvalue weighted by Crippen LogP contribution is -2.44. The third-order valence-corrected chi connectivity index (χ3v) is 3.51. The van der Waals surface area contributed by atoms with Gasteiger partial charge in [-0.2, -0.15) is 0 Å². The Hall–Kier alpha value is -1.66. The van der Waals surface area contributed by atoms with Gasteiger partial charge in [-0.25, -0.2) is 0 Å². The van der Waals surface area contributed by atoms with Gasteiger partial charge in [0.25, 0.3) is 0 Å². The van der Waals surface area contributed by atoms with Crippen LogP contribution in [0.1, 0.15) is 19.4 Å². The zero-order valence-electron chi connectivity index (χ0n) is 12.7. The second-order valence-electron chi connectivity index (χ2n) is 5.57. The Balaban J connectivity index is 2.03. The Bertz CT molecular complexity index is 485. The zero-order chi connectivity index (χ0) is 15.2. The molecule has 1 saturated heterocycles. The van der Waals surface area contributed by atoms with Crippen LogP contribution < -0.4 is 10.1 Å². The maximum Gasteiger partial charge on any atom is 0.310 e. The van der Waals surface area contributed by atoms with Gasteiger partial charge in [-0.1, -0.05) is 6.07 Å². The van der Waals surface area contributed by atoms with E-state index in [1.807, 2.05) is 19.9 Å². The van der Waals surface area contributed by atoms with E-state index in [1.54, 1.807) is 12.1 Å². The highest BCUT2D eigenvalue weighted by Crippen LogP contribution is 2.29. The first kappa shape index (κ1) is 15.7. The van der Waals surface area contributed by atoms with Crippen LogP contribution in [0, 0.1) is 10.1 Å². The Labute approximate surface area is 125 Å². The lowest BCUT2D eigenvalue weighted by atomic mass is 10.1. The van der Waals surface area contributed by atoms with Crippen LogP contribution >= 0.6 is 0 Å². The number of benzene rings is 1. The van der Waals surface area contributed by atoms with Crippen molar-refractivity contribution in [2.45, 2.75) is 26.4 Å². The van der Waals surface area contributed by atoms with Crippen LogP contribution in [0.2, 0.25) is 0 Å². The number of rotatable bonds is 6. The molecule has 6 nitrogen and oxygen atoms in total. The van der Waals surface area contributed by atoms with Gasteiger partial charge in [0.15, 0.2) is 5.75 Å². The summed E-state index contributed by atoms with van der Waals surface area (Å²) in [6.07, 6.45) is 0.805. The van der Waals surface area contributed by atoms with Crippen molar-refractivity contribution in [1.82, 2.24) is 10.2 Å². The number of hydrogen-bond donors (Lipinski definition) is 1. The summed E-state index contributed by atoms with van der Waals surface area (Å²) in [5.74, 6) is 0.368. The molecule has 0 aliphatic carbocycles. The van der Waals surface area contributed by atoms with Crippen LogP contribution in [0.25, 0.3) is 0 Å². The molecule has 21 heavy (non-hydrogen) atoms. The quantitative estimate of drug-likeness (QED) is 0.640. The van der Waals surface area contributed by atoms with Crippen LogP contribution in [0.3, 0.4) is 0 Å². The predicted molar refractivity (Wildman–Crippen MR) is 81.9 cm³/mol. The number of hydrogen-bond acceptors (Lipinski definition) is 5. The van der Waals surface area contributed by atoms with Crippen molar-refractivity contribution in [3.8, 4) is 5.75 Å². The van der Waals surface area contributed by atoms with E-state index in [1.165, 1.54) is 0 Å². The fraction of sp³-hybridized carbons (Fsp3) is 0.600. The smallest absolute Gasteiger partial charge is 0.310 e. The Morgan fingerprint density at radius 2 is 2.10 bits per heavy atom. The molecule has 0 saturated carbocycles. The molecule has 0 radical (unpaired) electrons. The molecule has 1 heterocycles. The van der Waals surface area contributed by atoms with Gasteiger partial charge in [-0.15, -0.1) is 0 Å². The average molecular weight is 293 g/mol. The van der Waals surface area contributed by atoms with Gasteiger partial charge in [0.05, 0.1) is 11.0 Å². The lowest BCUT2D eigenvalue weighted by Gasteiger charge is -2.27. The van der Waals surface area contributed by atoms with Gasteiger partial charge in [0.2, 0.25) is 0 Å². The molecule has 1 aromatic rings. The molecule has 1 aliphatic heterocycles. The molecule has 116 valence electrons. The third kappa shape index (κ3) is 4.68. The molecule has 2 rings (SSSR count). The topological polar surface area (TPSA) is 67.6 Å². The van der Waals surface area contributed by atoms with Crippen molar-refractivity contribution in [2.75, 3.05) is 32.7 Å². The van der Waals surface area contributed by atoms with Gasteiger partial charge in [0.1, 0.15) is 0 Å². The summed E-state index contributed by atoms with van der Waals surface area (Å²) < 4.78 is 5.57. The van der Waals surface area contributed by atoms with E-state index in [2.05, 4.69) is 10.2 Å². The van der Waals surface area contributed by atoms with Crippen molar-refractivity contribution in [1.29, 1.82) is 0 Å². The van der Waals surface area contributed by atoms with E-state index >= 15 is 0 Å². The van der Waals surface area contributed by atoms with Gasteiger partial charge < -0.3 is 15.0 Å². The maximum atomic E-state index is 11.0. The van der Waals surface area contributed by atoms with Gasteiger partial charge in [-0.05, 0) is 31.9 Å². The number of piperazine rings is 1. The van der Waals surface area contributed by atoms with E-state index in [0.717, 1.165) is 44.7 Å². The second kappa shape index (κ2) is 7.38. The van der Waals surface area contributed by atoms with E-state index < -0.39 is 4.92 Å². The van der Waals surface area contributed by atoms with Crippen molar-refractivity contribution in [2.24, 2.45) is 0 Å². The molecule has 1 aromatic carbocycles. The van der Waals surface area contributed by atoms with Gasteiger partial charge in [0, 0.05) is 38.8 Å². The van der Waals surface area contributed by atoms with Crippen LogP contribution in [0.15, 0.2) is 18.2 Å². The molecule has 0 atom stereocenters. The van der Waals surface area contributed by atoms with E-state index in [4.69, 9.17) is 4.74 Å². The molecule has 0 amide bonds. The van der Waals surface area contributed by atoms with Crippen molar-refractivity contribution in [3.05, 3.63) is 33.9 Å². The molecule has 1 aliphatic rings. The molecular weight excluding hydrogens is 270 g/mol. The van der Waals surface area contributed by atoms with E-state index in [0.29, 0.717) is 5.75 Å². The first-order chi connectivity index (χ1) is 10.1. The number of nitrogens with one attached hydrogen (secondary N) is 1. The lowest BCUT2D eigenvalue weighted by molar-refractivity contribution is -0.386. The maximum absolute atomic E-state index is 11.0. The van der Waals surface area contributed by atoms with Crippen molar-refractivity contribution < 1.29 is 9.66 Å². The highest BCUT2D eigenvalue weighted by molar-refractivity contribution is 5.48. The SMILES string of the molecule is CC(C)Oc1cc(CCN2CCNCC2)ccc1[N+](=O)[O-]. The number of nitro benzene ring substituents is 1. The normalized spacial score (nSPS) is 16.1. The highest BCUT2D eigenvalue weighted by atomic mass is 16.6. The van der Waals surface area contributed by atoms with Crippen molar-refractivity contribution >= 4 is 5.69 Å². The summed E-state index contributed by atoms with van der Waals surface area (Å²) >= 11 is 0. The molecule has 0 unspecified atom stereocenters. The standard InChI is InChI=1S/C15H23N3O3/c1-12(2)21-15-11-13(3-4-14(15)18(19)20)5-8-17-9-6-16-7-10-17/h3-4,11-12,16H,5-10H2,1-2H3. The summed E-state index contributed by atoms with van der Waals surface area (Å²) in [7, 11) is 0. The van der Waals surface area contributed by atoms with Crippen LogP contribution in [0.4, 0.5) is 5.69 Å². The number of nitrogens with zero attached hydrogens (tertiary/aromatic N) is 2. The third-order valence-electron chi connectivity index (χ3n) is 3.51. The summed E-state index contributed by atoms with van der Waals surface area (Å²) in [6, 6.07) is 5.18. The van der Waals surface area contributed by atoms with Crippen LogP contribution in [0.5, 0.6) is 5.75 Å². The Morgan fingerprint density at radius 1 is 1.38 bits per heavy atom. The number of ether oxygens (including phenoxy) is 1. The highest BCUT2D eigenvalue weighted by Gasteiger charge is 2.17. The van der Waals surface area contributed by atoms with Gasteiger partial charge in [-0.3, -0.25) is 10.1 Å². The monoisotopic (exact) mass is 293 g/mol.